The summed E-state index contributed by atoms with van der Waals surface area (Å²) in [5, 5.41) is 4.70. The molecule has 0 N–H and O–H groups in total. The van der Waals surface area contributed by atoms with Crippen molar-refractivity contribution >= 4 is 17.6 Å². The molecule has 1 aliphatic heterocycles. The number of anilines is 1. The van der Waals surface area contributed by atoms with Gasteiger partial charge in [0.05, 0.1) is 18.5 Å². The second kappa shape index (κ2) is 12.3. The zero-order valence-corrected chi connectivity index (χ0v) is 20.2. The molecule has 3 rings (SSSR count). The number of unbranched alkanes of at least 4 members (excludes halogenated alkanes) is 1. The molecule has 1 fully saturated rings. The average molecular weight is 483 g/mol. The maximum Gasteiger partial charge on any atom is 0.316 e. The molecule has 0 radical (unpaired) electrons. The van der Waals surface area contributed by atoms with E-state index in [1.54, 1.807) is 0 Å². The number of ether oxygens (including phenoxy) is 2. The van der Waals surface area contributed by atoms with Crippen molar-refractivity contribution in [2.24, 2.45) is 0 Å². The average Bonchev–Trinajstić information content (AvgIpc) is 2.76. The fourth-order valence-corrected chi connectivity index (χ4v) is 4.49. The van der Waals surface area contributed by atoms with Crippen LogP contribution >= 0.6 is 11.9 Å². The van der Waals surface area contributed by atoms with Crippen molar-refractivity contribution in [1.29, 1.82) is 0 Å². The van der Waals surface area contributed by atoms with Crippen LogP contribution in [0.2, 0.25) is 0 Å². The van der Waals surface area contributed by atoms with E-state index in [0.29, 0.717) is 37.2 Å². The fourth-order valence-electron chi connectivity index (χ4n) is 3.52. The van der Waals surface area contributed by atoms with Crippen molar-refractivity contribution in [2.45, 2.75) is 38.9 Å². The van der Waals surface area contributed by atoms with E-state index in [9.17, 15) is 13.6 Å². The molecule has 0 bridgehead atoms. The van der Waals surface area contributed by atoms with Gasteiger partial charge in [-0.05, 0) is 18.6 Å². The summed E-state index contributed by atoms with van der Waals surface area (Å²) in [5.74, 6) is -1.46. The van der Waals surface area contributed by atoms with Crippen molar-refractivity contribution in [1.82, 2.24) is 14.1 Å². The van der Waals surface area contributed by atoms with Crippen LogP contribution in [0.25, 0.3) is 5.69 Å². The van der Waals surface area contributed by atoms with E-state index in [1.807, 2.05) is 11.9 Å². The molecule has 1 aromatic carbocycles. The van der Waals surface area contributed by atoms with Gasteiger partial charge in [0, 0.05) is 44.1 Å². The molecule has 182 valence electrons. The van der Waals surface area contributed by atoms with Crippen LogP contribution in [-0.2, 0) is 4.74 Å². The lowest BCUT2D eigenvalue weighted by atomic mass is 10.2. The number of hydrogen-bond donors (Lipinski definition) is 0. The third-order valence-corrected chi connectivity index (χ3v) is 6.15. The Morgan fingerprint density at radius 1 is 1.06 bits per heavy atom. The van der Waals surface area contributed by atoms with Crippen molar-refractivity contribution in [3.63, 3.8) is 0 Å². The van der Waals surface area contributed by atoms with Gasteiger partial charge in [0.15, 0.2) is 0 Å². The van der Waals surface area contributed by atoms with E-state index in [1.165, 1.54) is 6.20 Å². The zero-order valence-electron chi connectivity index (χ0n) is 19.4. The number of halogens is 2. The van der Waals surface area contributed by atoms with Crippen LogP contribution in [0.4, 0.5) is 14.5 Å². The predicted octanol–water partition coefficient (Wildman–Crippen LogP) is 3.88. The van der Waals surface area contributed by atoms with Gasteiger partial charge in [-0.1, -0.05) is 39.1 Å². The number of rotatable bonds is 11. The SMILES string of the molecule is CCCCOCCOc1c(N2CCN(SC(C)C)CC2)cnn(-c2cc(F)cc(F)c2)c1=O. The topological polar surface area (TPSA) is 59.8 Å². The highest BCUT2D eigenvalue weighted by Crippen LogP contribution is 2.27. The van der Waals surface area contributed by atoms with Gasteiger partial charge in [0.2, 0.25) is 5.75 Å². The minimum atomic E-state index is -0.784. The molecule has 1 saturated heterocycles. The molecule has 0 unspecified atom stereocenters. The van der Waals surface area contributed by atoms with Gasteiger partial charge in [-0.25, -0.2) is 13.1 Å². The fraction of sp³-hybridized carbons (Fsp3) is 0.565. The molecule has 10 heteroatoms. The van der Waals surface area contributed by atoms with Crippen molar-refractivity contribution in [2.75, 3.05) is 50.9 Å². The Morgan fingerprint density at radius 3 is 2.39 bits per heavy atom. The van der Waals surface area contributed by atoms with Crippen molar-refractivity contribution in [3.8, 4) is 11.4 Å². The molecule has 1 aliphatic rings. The van der Waals surface area contributed by atoms with Gasteiger partial charge in [0.1, 0.15) is 23.9 Å². The minimum absolute atomic E-state index is 0.00579. The molecule has 7 nitrogen and oxygen atoms in total. The lowest BCUT2D eigenvalue weighted by molar-refractivity contribution is 0.0975. The second-order valence-corrected chi connectivity index (χ2v) is 9.76. The molecule has 0 amide bonds. The standard InChI is InChI=1S/C23H32F2N4O3S/c1-4-5-10-31-11-12-32-22-21(27-6-8-28(9-7-27)33-17(2)3)16-26-29(23(22)30)20-14-18(24)13-19(25)15-20/h13-17H,4-12H2,1-3H3. The highest BCUT2D eigenvalue weighted by atomic mass is 32.2. The van der Waals surface area contributed by atoms with Crippen LogP contribution in [0.3, 0.4) is 0 Å². The first-order valence-electron chi connectivity index (χ1n) is 11.3. The molecule has 2 heterocycles. The minimum Gasteiger partial charge on any atom is -0.484 e. The zero-order chi connectivity index (χ0) is 23.8. The lowest BCUT2D eigenvalue weighted by Gasteiger charge is -2.36. The molecule has 2 aromatic rings. The Labute approximate surface area is 197 Å². The van der Waals surface area contributed by atoms with E-state index < -0.39 is 17.2 Å². The summed E-state index contributed by atoms with van der Waals surface area (Å²) in [5.41, 5.74) is 0.0205. The molecular weight excluding hydrogens is 450 g/mol. The number of nitrogens with zero attached hydrogens (tertiary/aromatic N) is 4. The van der Waals surface area contributed by atoms with Crippen LogP contribution in [0.5, 0.6) is 5.75 Å². The van der Waals surface area contributed by atoms with Crippen LogP contribution in [-0.4, -0.2) is 65.3 Å². The first kappa shape index (κ1) is 25.5. The summed E-state index contributed by atoms with van der Waals surface area (Å²) in [6.45, 7) is 10.7. The second-order valence-electron chi connectivity index (χ2n) is 8.09. The van der Waals surface area contributed by atoms with E-state index in [4.69, 9.17) is 9.47 Å². The predicted molar refractivity (Wildman–Crippen MR) is 127 cm³/mol. The largest absolute Gasteiger partial charge is 0.484 e. The monoisotopic (exact) mass is 482 g/mol. The van der Waals surface area contributed by atoms with Crippen molar-refractivity contribution < 1.29 is 18.3 Å². The molecular formula is C23H32F2N4O3S. The van der Waals surface area contributed by atoms with Crippen LogP contribution in [0.1, 0.15) is 33.6 Å². The molecule has 0 aliphatic carbocycles. The summed E-state index contributed by atoms with van der Waals surface area (Å²) >= 11 is 1.81. The molecule has 33 heavy (non-hydrogen) atoms. The molecule has 0 atom stereocenters. The van der Waals surface area contributed by atoms with E-state index in [2.05, 4.69) is 35.1 Å². The van der Waals surface area contributed by atoms with Crippen LogP contribution in [0.15, 0.2) is 29.2 Å². The summed E-state index contributed by atoms with van der Waals surface area (Å²) in [6, 6.07) is 2.88. The summed E-state index contributed by atoms with van der Waals surface area (Å²) in [6.07, 6.45) is 3.52. The van der Waals surface area contributed by atoms with Crippen molar-refractivity contribution in [3.05, 3.63) is 46.4 Å². The maximum absolute atomic E-state index is 13.7. The third kappa shape index (κ3) is 7.15. The Morgan fingerprint density at radius 2 is 1.76 bits per heavy atom. The lowest BCUT2D eigenvalue weighted by Crippen LogP contribution is -2.44. The van der Waals surface area contributed by atoms with Gasteiger partial charge < -0.3 is 14.4 Å². The molecule has 0 spiro atoms. The smallest absolute Gasteiger partial charge is 0.316 e. The summed E-state index contributed by atoms with van der Waals surface area (Å²) in [4.78, 5) is 15.3. The Kier molecular flexibility index (Phi) is 9.52. The maximum atomic E-state index is 13.7. The first-order valence-corrected chi connectivity index (χ1v) is 12.2. The summed E-state index contributed by atoms with van der Waals surface area (Å²) < 4.78 is 42.2. The molecule has 1 aromatic heterocycles. The van der Waals surface area contributed by atoms with E-state index >= 15 is 0 Å². The van der Waals surface area contributed by atoms with Crippen LogP contribution in [0, 0.1) is 11.6 Å². The van der Waals surface area contributed by atoms with E-state index in [-0.39, 0.29) is 18.0 Å². The Hall–Kier alpha value is -2.17. The third-order valence-electron chi connectivity index (χ3n) is 5.06. The van der Waals surface area contributed by atoms with Gasteiger partial charge >= 0.3 is 5.56 Å². The van der Waals surface area contributed by atoms with E-state index in [0.717, 1.165) is 48.8 Å². The quantitative estimate of drug-likeness (QED) is 0.356. The number of hydrogen-bond acceptors (Lipinski definition) is 7. The van der Waals surface area contributed by atoms with Gasteiger partial charge in [0.25, 0.3) is 0 Å². The Balaban J connectivity index is 1.84. The first-order chi connectivity index (χ1) is 15.9. The highest BCUT2D eigenvalue weighted by molar-refractivity contribution is 7.97. The molecule has 0 saturated carbocycles. The normalized spacial score (nSPS) is 14.8. The van der Waals surface area contributed by atoms with Gasteiger partial charge in [-0.15, -0.1) is 0 Å². The van der Waals surface area contributed by atoms with Gasteiger partial charge in [-0.2, -0.15) is 9.78 Å². The number of benzene rings is 1. The Bertz CT molecular complexity index is 945. The van der Waals surface area contributed by atoms with Crippen LogP contribution < -0.4 is 15.2 Å². The summed E-state index contributed by atoms with van der Waals surface area (Å²) in [7, 11) is 0. The van der Waals surface area contributed by atoms with Gasteiger partial charge in [-0.3, -0.25) is 4.79 Å². The number of piperazine rings is 1. The number of aromatic nitrogens is 2. The highest BCUT2D eigenvalue weighted by Gasteiger charge is 2.24.